The Morgan fingerprint density at radius 2 is 1.89 bits per heavy atom. The smallest absolute Gasteiger partial charge is 0.176 e. The molecule has 1 aromatic carbocycles. The molecule has 0 aliphatic rings. The molecule has 0 amide bonds. The molecule has 0 aliphatic carbocycles. The van der Waals surface area contributed by atoms with Crippen LogP contribution in [0.15, 0.2) is 24.3 Å². The lowest BCUT2D eigenvalue weighted by atomic mass is 10.0. The number of rotatable bonds is 8. The quantitative estimate of drug-likeness (QED) is 0.577. The third-order valence-corrected chi connectivity index (χ3v) is 3.28. The van der Waals surface area contributed by atoms with Crippen molar-refractivity contribution in [3.05, 3.63) is 35.4 Å². The minimum atomic E-state index is 0.197. The predicted molar refractivity (Wildman–Crippen MR) is 80.9 cm³/mol. The minimum absolute atomic E-state index is 0.197. The second-order valence-electron chi connectivity index (χ2n) is 5.39. The summed E-state index contributed by atoms with van der Waals surface area (Å²) in [6.45, 7) is 6.74. The van der Waals surface area contributed by atoms with Gasteiger partial charge in [0.1, 0.15) is 0 Å². The van der Waals surface area contributed by atoms with Gasteiger partial charge in [0.05, 0.1) is 6.54 Å². The number of nitrogens with one attached hydrogen (secondary N) is 1. The molecule has 0 atom stereocenters. The zero-order valence-electron chi connectivity index (χ0n) is 12.6. The maximum Gasteiger partial charge on any atom is 0.176 e. The number of hydrogen-bond donors (Lipinski definition) is 1. The number of hydrogen-bond acceptors (Lipinski definition) is 3. The number of carbonyl (C=O) groups excluding carboxylic acids is 1. The fraction of sp³-hybridized carbons (Fsp3) is 0.562. The van der Waals surface area contributed by atoms with E-state index >= 15 is 0 Å². The summed E-state index contributed by atoms with van der Waals surface area (Å²) in [6.07, 6.45) is 1.06. The zero-order chi connectivity index (χ0) is 14.3. The number of carbonyl (C=O) groups is 1. The summed E-state index contributed by atoms with van der Waals surface area (Å²) >= 11 is 0. The lowest BCUT2D eigenvalue weighted by Crippen LogP contribution is -2.28. The molecule has 1 N–H and O–H groups in total. The van der Waals surface area contributed by atoms with Crippen LogP contribution in [0.3, 0.4) is 0 Å². The van der Waals surface area contributed by atoms with Gasteiger partial charge in [-0.3, -0.25) is 9.69 Å². The van der Waals surface area contributed by atoms with Gasteiger partial charge in [0.25, 0.3) is 0 Å². The van der Waals surface area contributed by atoms with Crippen molar-refractivity contribution in [1.29, 1.82) is 0 Å². The Labute approximate surface area is 117 Å². The third kappa shape index (κ3) is 5.53. The standard InChI is InChI=1S/C16H26N2O/c1-13(2)14-6-8-15(9-7-14)16(19)12-18(4)11-5-10-17-3/h6-9,13,17H,5,10-12H2,1-4H3. The van der Waals surface area contributed by atoms with Crippen LogP contribution < -0.4 is 5.32 Å². The van der Waals surface area contributed by atoms with Crippen LogP contribution >= 0.6 is 0 Å². The molecular weight excluding hydrogens is 236 g/mol. The number of ketones is 1. The van der Waals surface area contributed by atoms with E-state index in [4.69, 9.17) is 0 Å². The van der Waals surface area contributed by atoms with Crippen LogP contribution in [0.5, 0.6) is 0 Å². The van der Waals surface area contributed by atoms with E-state index in [1.54, 1.807) is 0 Å². The molecule has 1 aromatic rings. The van der Waals surface area contributed by atoms with Crippen molar-refractivity contribution in [2.45, 2.75) is 26.2 Å². The second kappa shape index (κ2) is 8.08. The first-order valence-electron chi connectivity index (χ1n) is 7.01. The summed E-state index contributed by atoms with van der Waals surface area (Å²) in [5.74, 6) is 0.704. The first-order valence-corrected chi connectivity index (χ1v) is 7.01. The van der Waals surface area contributed by atoms with Crippen LogP contribution in [0.1, 0.15) is 42.1 Å². The van der Waals surface area contributed by atoms with E-state index < -0.39 is 0 Å². The van der Waals surface area contributed by atoms with Gasteiger partial charge in [-0.1, -0.05) is 38.1 Å². The molecule has 106 valence electrons. The molecule has 3 heteroatoms. The van der Waals surface area contributed by atoms with Crippen LogP contribution in [0, 0.1) is 0 Å². The highest BCUT2D eigenvalue weighted by Crippen LogP contribution is 2.15. The second-order valence-corrected chi connectivity index (χ2v) is 5.39. The molecule has 0 saturated heterocycles. The lowest BCUT2D eigenvalue weighted by molar-refractivity contribution is 0.0946. The van der Waals surface area contributed by atoms with Crippen LogP contribution in [-0.4, -0.2) is 44.4 Å². The maximum absolute atomic E-state index is 12.1. The van der Waals surface area contributed by atoms with Crippen LogP contribution in [0.4, 0.5) is 0 Å². The summed E-state index contributed by atoms with van der Waals surface area (Å²) < 4.78 is 0. The summed E-state index contributed by atoms with van der Waals surface area (Å²) in [4.78, 5) is 14.2. The SMILES string of the molecule is CNCCCN(C)CC(=O)c1ccc(C(C)C)cc1. The molecule has 0 unspecified atom stereocenters. The van der Waals surface area contributed by atoms with Gasteiger partial charge in [0, 0.05) is 5.56 Å². The lowest BCUT2D eigenvalue weighted by Gasteiger charge is -2.15. The minimum Gasteiger partial charge on any atom is -0.320 e. The average molecular weight is 262 g/mol. The summed E-state index contributed by atoms with van der Waals surface area (Å²) in [6, 6.07) is 8.00. The largest absolute Gasteiger partial charge is 0.320 e. The van der Waals surface area contributed by atoms with E-state index in [0.29, 0.717) is 12.5 Å². The number of benzene rings is 1. The molecule has 19 heavy (non-hydrogen) atoms. The third-order valence-electron chi connectivity index (χ3n) is 3.28. The van der Waals surface area contributed by atoms with Crippen LogP contribution in [-0.2, 0) is 0 Å². The molecule has 1 rings (SSSR count). The average Bonchev–Trinajstić information content (AvgIpc) is 2.39. The van der Waals surface area contributed by atoms with E-state index in [1.807, 2.05) is 26.2 Å². The van der Waals surface area contributed by atoms with Gasteiger partial charge in [0.2, 0.25) is 0 Å². The van der Waals surface area contributed by atoms with Crippen molar-refractivity contribution in [2.75, 3.05) is 33.7 Å². The van der Waals surface area contributed by atoms with E-state index in [2.05, 4.69) is 36.2 Å². The van der Waals surface area contributed by atoms with E-state index in [-0.39, 0.29) is 5.78 Å². The van der Waals surface area contributed by atoms with Gasteiger partial charge in [-0.15, -0.1) is 0 Å². The zero-order valence-corrected chi connectivity index (χ0v) is 12.6. The fourth-order valence-electron chi connectivity index (χ4n) is 2.00. The van der Waals surface area contributed by atoms with Crippen LogP contribution in [0.25, 0.3) is 0 Å². The number of Topliss-reactive ketones (excluding diaryl/α,β-unsaturated/α-hetero) is 1. The van der Waals surface area contributed by atoms with E-state index in [0.717, 1.165) is 25.1 Å². The molecule has 0 fully saturated rings. The summed E-state index contributed by atoms with van der Waals surface area (Å²) in [7, 11) is 3.94. The van der Waals surface area contributed by atoms with E-state index in [9.17, 15) is 4.79 Å². The monoisotopic (exact) mass is 262 g/mol. The molecule has 0 aromatic heterocycles. The Morgan fingerprint density at radius 1 is 1.26 bits per heavy atom. The molecule has 0 heterocycles. The predicted octanol–water partition coefficient (Wildman–Crippen LogP) is 2.53. The van der Waals surface area contributed by atoms with Gasteiger partial charge in [0.15, 0.2) is 5.78 Å². The van der Waals surface area contributed by atoms with Crippen molar-refractivity contribution in [1.82, 2.24) is 10.2 Å². The molecule has 0 aliphatic heterocycles. The van der Waals surface area contributed by atoms with Gasteiger partial charge in [-0.2, -0.15) is 0 Å². The fourth-order valence-corrected chi connectivity index (χ4v) is 2.00. The highest BCUT2D eigenvalue weighted by molar-refractivity contribution is 5.97. The van der Waals surface area contributed by atoms with Crippen molar-refractivity contribution < 1.29 is 4.79 Å². The first kappa shape index (κ1) is 15.9. The van der Waals surface area contributed by atoms with Crippen molar-refractivity contribution in [2.24, 2.45) is 0 Å². The highest BCUT2D eigenvalue weighted by atomic mass is 16.1. The molecule has 3 nitrogen and oxygen atoms in total. The topological polar surface area (TPSA) is 32.3 Å². The molecule has 0 spiro atoms. The van der Waals surface area contributed by atoms with Gasteiger partial charge >= 0.3 is 0 Å². The summed E-state index contributed by atoms with van der Waals surface area (Å²) in [5.41, 5.74) is 2.09. The van der Waals surface area contributed by atoms with Crippen molar-refractivity contribution in [3.8, 4) is 0 Å². The van der Waals surface area contributed by atoms with Gasteiger partial charge in [-0.25, -0.2) is 0 Å². The number of nitrogens with zero attached hydrogens (tertiary/aromatic N) is 1. The van der Waals surface area contributed by atoms with Crippen molar-refractivity contribution >= 4 is 5.78 Å². The van der Waals surface area contributed by atoms with E-state index in [1.165, 1.54) is 5.56 Å². The van der Waals surface area contributed by atoms with Crippen LogP contribution in [0.2, 0.25) is 0 Å². The Balaban J connectivity index is 2.48. The van der Waals surface area contributed by atoms with Gasteiger partial charge < -0.3 is 5.32 Å². The van der Waals surface area contributed by atoms with Gasteiger partial charge in [-0.05, 0) is 45.1 Å². The maximum atomic E-state index is 12.1. The van der Waals surface area contributed by atoms with Crippen molar-refractivity contribution in [3.63, 3.8) is 0 Å². The molecule has 0 bridgehead atoms. The normalized spacial score (nSPS) is 11.3. The molecule has 0 radical (unpaired) electrons. The molecular formula is C16H26N2O. The highest BCUT2D eigenvalue weighted by Gasteiger charge is 2.09. The summed E-state index contributed by atoms with van der Waals surface area (Å²) in [5, 5.41) is 3.11. The Hall–Kier alpha value is -1.19. The Morgan fingerprint density at radius 3 is 2.42 bits per heavy atom. The molecule has 0 saturated carbocycles. The Kier molecular flexibility index (Phi) is 6.74. The number of likely N-dealkylation sites (N-methyl/N-ethyl adjacent to an activating group) is 1. The Bertz CT molecular complexity index is 384. The first-order chi connectivity index (χ1) is 9.04.